The Labute approximate surface area is 207 Å². The first kappa shape index (κ1) is 23.9. The first-order chi connectivity index (χ1) is 16.5. The molecule has 0 radical (unpaired) electrons. The number of carboxylic acids is 1. The summed E-state index contributed by atoms with van der Waals surface area (Å²) in [6.07, 6.45) is -1.08. The highest BCUT2D eigenvalue weighted by Gasteiger charge is 2.36. The summed E-state index contributed by atoms with van der Waals surface area (Å²) in [5.74, 6) is -0.456. The standard InChI is InChI=1S/C29H36N2O4/c1-17-7-9-21(10-8-17)24-22-13-18(2)31-12-11-30(14-20-15-34-16-20)25(26(22)31)19(3)23(24)27(28(32)33)35-29(4,5)6/h7-10,13,20,27H,11-12,14-16H2,1-6H3,(H,32,33)/t27-/m0/s1. The van der Waals surface area contributed by atoms with Gasteiger partial charge < -0.3 is 24.0 Å². The zero-order chi connectivity index (χ0) is 25.1. The van der Waals surface area contributed by atoms with Crippen molar-refractivity contribution in [3.05, 3.63) is 52.7 Å². The van der Waals surface area contributed by atoms with Crippen molar-refractivity contribution in [3.63, 3.8) is 0 Å². The third-order valence-corrected chi connectivity index (χ3v) is 7.22. The van der Waals surface area contributed by atoms with Crippen molar-refractivity contribution in [2.45, 2.75) is 59.8 Å². The number of benzene rings is 2. The molecule has 0 amide bonds. The van der Waals surface area contributed by atoms with E-state index in [0.29, 0.717) is 5.92 Å². The minimum Gasteiger partial charge on any atom is -0.479 e. The van der Waals surface area contributed by atoms with Crippen molar-refractivity contribution in [1.29, 1.82) is 0 Å². The van der Waals surface area contributed by atoms with Crippen LogP contribution in [0.25, 0.3) is 22.0 Å². The second-order valence-electron chi connectivity index (χ2n) is 11.1. The van der Waals surface area contributed by atoms with E-state index in [9.17, 15) is 9.90 Å². The molecule has 5 rings (SSSR count). The fraction of sp³-hybridized carbons (Fsp3) is 0.483. The number of aliphatic carboxylic acids is 1. The van der Waals surface area contributed by atoms with E-state index in [1.54, 1.807) is 0 Å². The summed E-state index contributed by atoms with van der Waals surface area (Å²) in [5, 5.41) is 11.5. The van der Waals surface area contributed by atoms with Gasteiger partial charge >= 0.3 is 5.97 Å². The molecule has 35 heavy (non-hydrogen) atoms. The van der Waals surface area contributed by atoms with Crippen molar-refractivity contribution < 1.29 is 19.4 Å². The van der Waals surface area contributed by atoms with Crippen LogP contribution in [-0.2, 0) is 20.8 Å². The van der Waals surface area contributed by atoms with Crippen LogP contribution in [0.1, 0.15) is 49.3 Å². The lowest BCUT2D eigenvalue weighted by atomic mass is 9.86. The lowest BCUT2D eigenvalue weighted by Gasteiger charge is -2.39. The molecule has 1 fully saturated rings. The molecule has 0 spiro atoms. The van der Waals surface area contributed by atoms with Crippen molar-refractivity contribution in [2.24, 2.45) is 5.92 Å². The van der Waals surface area contributed by atoms with E-state index >= 15 is 0 Å². The summed E-state index contributed by atoms with van der Waals surface area (Å²) in [6, 6.07) is 10.6. The number of hydrogen-bond acceptors (Lipinski definition) is 4. The van der Waals surface area contributed by atoms with Crippen LogP contribution >= 0.6 is 0 Å². The summed E-state index contributed by atoms with van der Waals surface area (Å²) < 4.78 is 14.1. The molecule has 0 bridgehead atoms. The molecule has 6 heteroatoms. The van der Waals surface area contributed by atoms with Gasteiger partial charge in [-0.25, -0.2) is 4.79 Å². The number of carbonyl (C=O) groups is 1. The zero-order valence-electron chi connectivity index (χ0n) is 21.6. The smallest absolute Gasteiger partial charge is 0.337 e. The Bertz CT molecular complexity index is 1280. The average molecular weight is 477 g/mol. The number of ether oxygens (including phenoxy) is 2. The SMILES string of the molecule is Cc1ccc(-c2c([C@H](OC(C)(C)C)C(=O)O)c(C)c3c4c2cc(C)n4CCN3CC2COC2)cc1. The third kappa shape index (κ3) is 4.23. The minimum atomic E-state index is -1.08. The molecule has 0 unspecified atom stereocenters. The minimum absolute atomic E-state index is 0.508. The van der Waals surface area contributed by atoms with Crippen LogP contribution < -0.4 is 4.90 Å². The van der Waals surface area contributed by atoms with Crippen molar-refractivity contribution in [1.82, 2.24) is 4.57 Å². The van der Waals surface area contributed by atoms with Crippen LogP contribution in [0.3, 0.4) is 0 Å². The molecule has 3 aromatic rings. The van der Waals surface area contributed by atoms with E-state index in [4.69, 9.17) is 9.47 Å². The van der Waals surface area contributed by atoms with Gasteiger partial charge in [0.05, 0.1) is 30.0 Å². The Balaban J connectivity index is 1.84. The molecule has 1 N–H and O–H groups in total. The quantitative estimate of drug-likeness (QED) is 0.499. The molecule has 1 atom stereocenters. The molecular weight excluding hydrogens is 440 g/mol. The van der Waals surface area contributed by atoms with Gasteiger partial charge in [0.1, 0.15) is 0 Å². The number of rotatable bonds is 6. The molecule has 3 heterocycles. The van der Waals surface area contributed by atoms with Crippen LogP contribution in [0.15, 0.2) is 30.3 Å². The molecule has 1 saturated heterocycles. The maximum Gasteiger partial charge on any atom is 0.337 e. The van der Waals surface area contributed by atoms with E-state index in [1.807, 2.05) is 20.8 Å². The van der Waals surface area contributed by atoms with Gasteiger partial charge in [0.15, 0.2) is 6.10 Å². The number of aromatic nitrogens is 1. The lowest BCUT2D eigenvalue weighted by molar-refractivity contribution is -0.160. The van der Waals surface area contributed by atoms with Crippen LogP contribution in [0.4, 0.5) is 5.69 Å². The van der Waals surface area contributed by atoms with E-state index in [-0.39, 0.29) is 0 Å². The zero-order valence-corrected chi connectivity index (χ0v) is 21.6. The highest BCUT2D eigenvalue weighted by molar-refractivity contribution is 6.07. The van der Waals surface area contributed by atoms with Crippen LogP contribution in [0.5, 0.6) is 0 Å². The van der Waals surface area contributed by atoms with Gasteiger partial charge in [0, 0.05) is 42.2 Å². The maximum atomic E-state index is 12.7. The Kier molecular flexibility index (Phi) is 5.93. The molecule has 6 nitrogen and oxygen atoms in total. The number of anilines is 1. The van der Waals surface area contributed by atoms with Gasteiger partial charge in [-0.15, -0.1) is 0 Å². The number of carboxylic acid groups (broad SMARTS) is 1. The molecule has 0 saturated carbocycles. The van der Waals surface area contributed by atoms with Crippen LogP contribution in [0, 0.1) is 26.7 Å². The predicted molar refractivity (Wildman–Crippen MR) is 139 cm³/mol. The van der Waals surface area contributed by atoms with Crippen molar-refractivity contribution >= 4 is 22.6 Å². The van der Waals surface area contributed by atoms with Gasteiger partial charge in [-0.05, 0) is 64.3 Å². The van der Waals surface area contributed by atoms with Gasteiger partial charge in [-0.3, -0.25) is 0 Å². The Morgan fingerprint density at radius 3 is 2.40 bits per heavy atom. The Morgan fingerprint density at radius 2 is 1.83 bits per heavy atom. The van der Waals surface area contributed by atoms with Crippen LogP contribution in [-0.4, -0.2) is 47.5 Å². The molecule has 2 aliphatic heterocycles. The number of nitrogens with zero attached hydrogens (tertiary/aromatic N) is 2. The normalized spacial score (nSPS) is 17.0. The molecule has 0 aliphatic carbocycles. The topological polar surface area (TPSA) is 63.9 Å². The van der Waals surface area contributed by atoms with Crippen molar-refractivity contribution in [3.8, 4) is 11.1 Å². The van der Waals surface area contributed by atoms with E-state index in [2.05, 4.69) is 60.6 Å². The van der Waals surface area contributed by atoms with E-state index < -0.39 is 17.7 Å². The van der Waals surface area contributed by atoms with Gasteiger partial charge in [0.25, 0.3) is 0 Å². The summed E-state index contributed by atoms with van der Waals surface area (Å²) in [6.45, 7) is 16.3. The van der Waals surface area contributed by atoms with Gasteiger partial charge in [-0.1, -0.05) is 29.8 Å². The molecule has 2 aliphatic rings. The molecule has 2 aromatic carbocycles. The Hall–Kier alpha value is -2.83. The summed E-state index contributed by atoms with van der Waals surface area (Å²) >= 11 is 0. The Morgan fingerprint density at radius 1 is 1.14 bits per heavy atom. The van der Waals surface area contributed by atoms with Crippen molar-refractivity contribution in [2.75, 3.05) is 31.2 Å². The maximum absolute atomic E-state index is 12.7. The summed E-state index contributed by atoms with van der Waals surface area (Å²) in [5.41, 5.74) is 7.82. The summed E-state index contributed by atoms with van der Waals surface area (Å²) in [4.78, 5) is 15.2. The fourth-order valence-corrected chi connectivity index (χ4v) is 5.60. The highest BCUT2D eigenvalue weighted by atomic mass is 16.5. The first-order valence-electron chi connectivity index (χ1n) is 12.5. The van der Waals surface area contributed by atoms with Gasteiger partial charge in [-0.2, -0.15) is 0 Å². The second-order valence-corrected chi connectivity index (χ2v) is 11.1. The second kappa shape index (κ2) is 8.68. The number of hydrogen-bond donors (Lipinski definition) is 1. The summed E-state index contributed by atoms with van der Waals surface area (Å²) in [7, 11) is 0. The predicted octanol–water partition coefficient (Wildman–Crippen LogP) is 5.64. The fourth-order valence-electron chi connectivity index (χ4n) is 5.60. The molecular formula is C29H36N2O4. The first-order valence-corrected chi connectivity index (χ1v) is 12.5. The third-order valence-electron chi connectivity index (χ3n) is 7.22. The number of aryl methyl sites for hydroxylation is 2. The van der Waals surface area contributed by atoms with E-state index in [0.717, 1.165) is 66.2 Å². The largest absolute Gasteiger partial charge is 0.479 e. The highest BCUT2D eigenvalue weighted by Crippen LogP contribution is 2.48. The average Bonchev–Trinajstić information content (AvgIpc) is 3.08. The van der Waals surface area contributed by atoms with Crippen LogP contribution in [0.2, 0.25) is 0 Å². The van der Waals surface area contributed by atoms with E-state index in [1.165, 1.54) is 16.8 Å². The molecule has 1 aromatic heterocycles. The monoisotopic (exact) mass is 476 g/mol. The lowest BCUT2D eigenvalue weighted by Crippen LogP contribution is -2.43. The van der Waals surface area contributed by atoms with Gasteiger partial charge in [0.2, 0.25) is 0 Å². The molecule has 186 valence electrons.